The SMILES string of the molecule is COc1ccc2nc(-c3ccc(/C=C/c4cc(OCF)ccc4OC)cc3)sc2c1. The minimum absolute atomic E-state index is 0.459. The third-order valence-corrected chi connectivity index (χ3v) is 5.70. The molecule has 4 aromatic rings. The van der Waals surface area contributed by atoms with Gasteiger partial charge in [-0.05, 0) is 42.0 Å². The van der Waals surface area contributed by atoms with Gasteiger partial charge in [-0.3, -0.25) is 0 Å². The summed E-state index contributed by atoms with van der Waals surface area (Å²) in [5, 5.41) is 0.964. The lowest BCUT2D eigenvalue weighted by Crippen LogP contribution is -1.92. The fourth-order valence-electron chi connectivity index (χ4n) is 3.07. The van der Waals surface area contributed by atoms with Crippen molar-refractivity contribution >= 4 is 33.7 Å². The molecule has 0 saturated carbocycles. The van der Waals surface area contributed by atoms with Gasteiger partial charge < -0.3 is 14.2 Å². The van der Waals surface area contributed by atoms with Gasteiger partial charge in [0.05, 0.1) is 24.4 Å². The van der Waals surface area contributed by atoms with Gasteiger partial charge in [0.15, 0.2) is 0 Å². The van der Waals surface area contributed by atoms with Crippen LogP contribution in [0.1, 0.15) is 11.1 Å². The standard InChI is InChI=1S/C24H20FNO3S/c1-27-19-9-11-21-23(14-19)30-24(26-21)17-6-3-16(4-7-17)5-8-18-13-20(29-15-25)10-12-22(18)28-2/h3-14H,15H2,1-2H3/b8-5+. The van der Waals surface area contributed by atoms with Crippen LogP contribution in [-0.4, -0.2) is 26.1 Å². The van der Waals surface area contributed by atoms with Crippen molar-refractivity contribution in [3.05, 3.63) is 71.8 Å². The Morgan fingerprint density at radius 2 is 1.70 bits per heavy atom. The van der Waals surface area contributed by atoms with Crippen LogP contribution in [0.4, 0.5) is 4.39 Å². The third-order valence-electron chi connectivity index (χ3n) is 4.63. The van der Waals surface area contributed by atoms with Gasteiger partial charge in [-0.2, -0.15) is 0 Å². The average Bonchev–Trinajstić information content (AvgIpc) is 3.21. The Morgan fingerprint density at radius 3 is 2.43 bits per heavy atom. The zero-order valence-electron chi connectivity index (χ0n) is 16.6. The highest BCUT2D eigenvalue weighted by atomic mass is 32.1. The molecule has 4 nitrogen and oxygen atoms in total. The first-order valence-electron chi connectivity index (χ1n) is 9.30. The molecule has 0 aliphatic rings. The van der Waals surface area contributed by atoms with Gasteiger partial charge in [0.25, 0.3) is 0 Å². The Morgan fingerprint density at radius 1 is 0.900 bits per heavy atom. The van der Waals surface area contributed by atoms with E-state index in [9.17, 15) is 4.39 Å². The lowest BCUT2D eigenvalue weighted by Gasteiger charge is -2.07. The second-order valence-corrected chi connectivity index (χ2v) is 7.50. The molecule has 0 spiro atoms. The van der Waals surface area contributed by atoms with Crippen molar-refractivity contribution in [1.29, 1.82) is 0 Å². The van der Waals surface area contributed by atoms with Crippen LogP contribution >= 0.6 is 11.3 Å². The number of alkyl halides is 1. The van der Waals surface area contributed by atoms with Gasteiger partial charge in [-0.1, -0.05) is 36.4 Å². The van der Waals surface area contributed by atoms with E-state index in [2.05, 4.69) is 12.1 Å². The molecule has 3 aromatic carbocycles. The Bertz CT molecular complexity index is 1190. The maximum atomic E-state index is 12.4. The van der Waals surface area contributed by atoms with Crippen molar-refractivity contribution < 1.29 is 18.6 Å². The predicted octanol–water partition coefficient (Wildman–Crippen LogP) is 6.46. The highest BCUT2D eigenvalue weighted by Crippen LogP contribution is 2.32. The number of benzene rings is 3. The molecule has 152 valence electrons. The number of hydrogen-bond donors (Lipinski definition) is 0. The molecule has 0 saturated heterocycles. The molecule has 0 fully saturated rings. The zero-order chi connectivity index (χ0) is 20.9. The minimum Gasteiger partial charge on any atom is -0.497 e. The Hall–Kier alpha value is -3.38. The van der Waals surface area contributed by atoms with E-state index in [4.69, 9.17) is 19.2 Å². The largest absolute Gasteiger partial charge is 0.497 e. The van der Waals surface area contributed by atoms with E-state index in [0.717, 1.165) is 37.7 Å². The van der Waals surface area contributed by atoms with Crippen LogP contribution in [0.3, 0.4) is 0 Å². The van der Waals surface area contributed by atoms with E-state index in [1.54, 1.807) is 43.8 Å². The first-order valence-corrected chi connectivity index (χ1v) is 10.1. The second kappa shape index (κ2) is 8.97. The smallest absolute Gasteiger partial charge is 0.228 e. The van der Waals surface area contributed by atoms with Gasteiger partial charge in [0.1, 0.15) is 22.3 Å². The third kappa shape index (κ3) is 4.28. The molecule has 1 aromatic heterocycles. The first-order chi connectivity index (χ1) is 14.7. The number of aromatic nitrogens is 1. The number of methoxy groups -OCH3 is 2. The lowest BCUT2D eigenvalue weighted by atomic mass is 10.1. The molecule has 0 aliphatic heterocycles. The quantitative estimate of drug-likeness (QED) is 0.321. The van der Waals surface area contributed by atoms with E-state index in [-0.39, 0.29) is 0 Å². The molecular weight excluding hydrogens is 401 g/mol. The lowest BCUT2D eigenvalue weighted by molar-refractivity contribution is 0.191. The number of hydrogen-bond acceptors (Lipinski definition) is 5. The van der Waals surface area contributed by atoms with Gasteiger partial charge in [0, 0.05) is 11.1 Å². The Labute approximate surface area is 178 Å². The summed E-state index contributed by atoms with van der Waals surface area (Å²) in [7, 11) is 3.26. The van der Waals surface area contributed by atoms with Crippen molar-refractivity contribution in [2.45, 2.75) is 0 Å². The average molecular weight is 421 g/mol. The number of fused-ring (bicyclic) bond motifs is 1. The predicted molar refractivity (Wildman–Crippen MR) is 120 cm³/mol. The van der Waals surface area contributed by atoms with Crippen LogP contribution in [0.25, 0.3) is 32.9 Å². The summed E-state index contributed by atoms with van der Waals surface area (Å²) in [6.07, 6.45) is 3.90. The number of ether oxygens (including phenoxy) is 3. The van der Waals surface area contributed by atoms with E-state index in [0.29, 0.717) is 11.5 Å². The molecule has 4 rings (SSSR count). The summed E-state index contributed by atoms with van der Waals surface area (Å²) in [6, 6.07) is 19.2. The van der Waals surface area contributed by atoms with Crippen LogP contribution < -0.4 is 14.2 Å². The van der Waals surface area contributed by atoms with Crippen LogP contribution in [0.15, 0.2) is 60.7 Å². The molecule has 0 unspecified atom stereocenters. The fourth-order valence-corrected chi connectivity index (χ4v) is 4.07. The maximum Gasteiger partial charge on any atom is 0.228 e. The monoisotopic (exact) mass is 421 g/mol. The van der Waals surface area contributed by atoms with Crippen molar-refractivity contribution in [2.24, 2.45) is 0 Å². The van der Waals surface area contributed by atoms with E-state index < -0.39 is 6.86 Å². The fraction of sp³-hybridized carbons (Fsp3) is 0.125. The summed E-state index contributed by atoms with van der Waals surface area (Å²) >= 11 is 1.64. The van der Waals surface area contributed by atoms with Crippen LogP contribution in [0.5, 0.6) is 17.2 Å². The minimum atomic E-state index is -0.866. The summed E-state index contributed by atoms with van der Waals surface area (Å²) in [6.45, 7) is -0.866. The highest BCUT2D eigenvalue weighted by Gasteiger charge is 2.07. The van der Waals surface area contributed by atoms with Gasteiger partial charge in [0.2, 0.25) is 6.86 Å². The molecule has 0 N–H and O–H groups in total. The Balaban J connectivity index is 1.56. The van der Waals surface area contributed by atoms with Gasteiger partial charge in [-0.25, -0.2) is 9.37 Å². The number of nitrogens with zero attached hydrogens (tertiary/aromatic N) is 1. The first kappa shape index (κ1) is 19.9. The molecule has 0 amide bonds. The van der Waals surface area contributed by atoms with Crippen LogP contribution in [-0.2, 0) is 0 Å². The maximum absolute atomic E-state index is 12.4. The van der Waals surface area contributed by atoms with Gasteiger partial charge in [-0.15, -0.1) is 11.3 Å². The zero-order valence-corrected chi connectivity index (χ0v) is 17.4. The van der Waals surface area contributed by atoms with Crippen LogP contribution in [0, 0.1) is 0 Å². The molecule has 1 heterocycles. The molecule has 6 heteroatoms. The van der Waals surface area contributed by atoms with E-state index >= 15 is 0 Å². The molecular formula is C24H20FNO3S. The highest BCUT2D eigenvalue weighted by molar-refractivity contribution is 7.21. The summed E-state index contributed by atoms with van der Waals surface area (Å²) < 4.78 is 29.1. The second-order valence-electron chi connectivity index (χ2n) is 6.47. The normalized spacial score (nSPS) is 11.2. The molecule has 30 heavy (non-hydrogen) atoms. The van der Waals surface area contributed by atoms with Crippen molar-refractivity contribution in [3.63, 3.8) is 0 Å². The molecule has 0 bridgehead atoms. The summed E-state index contributed by atoms with van der Waals surface area (Å²) in [5.74, 6) is 1.98. The van der Waals surface area contributed by atoms with Crippen molar-refractivity contribution in [1.82, 2.24) is 4.98 Å². The van der Waals surface area contributed by atoms with Crippen molar-refractivity contribution in [2.75, 3.05) is 21.1 Å². The number of thiazole rings is 1. The van der Waals surface area contributed by atoms with Crippen molar-refractivity contribution in [3.8, 4) is 27.8 Å². The van der Waals surface area contributed by atoms with Gasteiger partial charge >= 0.3 is 0 Å². The van der Waals surface area contributed by atoms with Crippen LogP contribution in [0.2, 0.25) is 0 Å². The number of halogens is 1. The van der Waals surface area contributed by atoms with E-state index in [1.165, 1.54) is 0 Å². The van der Waals surface area contributed by atoms with E-state index in [1.807, 2.05) is 42.5 Å². The Kier molecular flexibility index (Phi) is 5.95. The molecule has 0 radical (unpaired) electrons. The summed E-state index contributed by atoms with van der Waals surface area (Å²) in [5.41, 5.74) is 3.86. The molecule has 0 aliphatic carbocycles. The molecule has 0 atom stereocenters. The topological polar surface area (TPSA) is 40.6 Å². The summed E-state index contributed by atoms with van der Waals surface area (Å²) in [4.78, 5) is 4.72. The number of rotatable bonds is 7.